The molecule has 1 aromatic carbocycles. The van der Waals surface area contributed by atoms with Crippen molar-refractivity contribution in [3.05, 3.63) is 29.6 Å². The van der Waals surface area contributed by atoms with E-state index in [2.05, 4.69) is 0 Å². The monoisotopic (exact) mass is 238 g/mol. The van der Waals surface area contributed by atoms with Crippen LogP contribution < -0.4 is 4.74 Å². The molecule has 0 saturated heterocycles. The number of ether oxygens (including phenoxy) is 1. The molecule has 1 rings (SSSR count). The van der Waals surface area contributed by atoms with Gasteiger partial charge in [0.2, 0.25) is 0 Å². The number of hydrogen-bond donors (Lipinski definition) is 0. The lowest BCUT2D eigenvalue weighted by Crippen LogP contribution is -2.03. The van der Waals surface area contributed by atoms with Gasteiger partial charge in [0.15, 0.2) is 17.3 Å². The summed E-state index contributed by atoms with van der Waals surface area (Å²) in [5, 5.41) is 0. The van der Waals surface area contributed by atoms with E-state index in [0.717, 1.165) is 6.07 Å². The van der Waals surface area contributed by atoms with Gasteiger partial charge in [-0.1, -0.05) is 0 Å². The topological polar surface area (TPSA) is 43.4 Å². The fourth-order valence-electron chi connectivity index (χ4n) is 1.38. The summed E-state index contributed by atoms with van der Waals surface area (Å²) in [6.07, 6.45) is 0.302. The molecule has 0 unspecified atom stereocenters. The highest BCUT2D eigenvalue weighted by atomic mass is 19.1. The first-order valence-electron chi connectivity index (χ1n) is 5.49. The molecule has 0 aliphatic rings. The molecule has 0 fully saturated rings. The number of Topliss-reactive ketones (excluding diaryl/α,β-unsaturated/α-hetero) is 2. The SMILES string of the molecule is CCOc1ccc(C(=O)CCC(C)=O)cc1F. The molecule has 92 valence electrons. The molecule has 0 aliphatic heterocycles. The number of ketones is 2. The number of halogens is 1. The number of hydrogen-bond acceptors (Lipinski definition) is 3. The van der Waals surface area contributed by atoms with Gasteiger partial charge in [0.25, 0.3) is 0 Å². The van der Waals surface area contributed by atoms with Crippen LogP contribution in [0.1, 0.15) is 37.0 Å². The molecule has 0 saturated carbocycles. The van der Waals surface area contributed by atoms with Gasteiger partial charge < -0.3 is 9.53 Å². The molecule has 17 heavy (non-hydrogen) atoms. The molecule has 0 atom stereocenters. The lowest BCUT2D eigenvalue weighted by atomic mass is 10.1. The van der Waals surface area contributed by atoms with Crippen LogP contribution in [0.2, 0.25) is 0 Å². The van der Waals surface area contributed by atoms with Crippen molar-refractivity contribution >= 4 is 11.6 Å². The van der Waals surface area contributed by atoms with Gasteiger partial charge in [0.05, 0.1) is 6.61 Å². The zero-order chi connectivity index (χ0) is 12.8. The van der Waals surface area contributed by atoms with E-state index in [1.165, 1.54) is 19.1 Å². The minimum atomic E-state index is -0.555. The smallest absolute Gasteiger partial charge is 0.165 e. The third-order valence-electron chi connectivity index (χ3n) is 2.26. The van der Waals surface area contributed by atoms with Crippen LogP contribution in [0.15, 0.2) is 18.2 Å². The number of carbonyl (C=O) groups is 2. The quantitative estimate of drug-likeness (QED) is 0.716. The first kappa shape index (κ1) is 13.4. The Morgan fingerprint density at radius 3 is 2.53 bits per heavy atom. The summed E-state index contributed by atoms with van der Waals surface area (Å²) < 4.78 is 18.5. The normalized spacial score (nSPS) is 10.1. The predicted molar refractivity (Wildman–Crippen MR) is 61.8 cm³/mol. The van der Waals surface area contributed by atoms with Crippen LogP contribution in [0.4, 0.5) is 4.39 Å². The Balaban J connectivity index is 2.75. The maximum atomic E-state index is 13.5. The molecular weight excluding hydrogens is 223 g/mol. The van der Waals surface area contributed by atoms with Gasteiger partial charge in [-0.25, -0.2) is 4.39 Å². The minimum Gasteiger partial charge on any atom is -0.491 e. The summed E-state index contributed by atoms with van der Waals surface area (Å²) >= 11 is 0. The molecule has 0 aliphatic carbocycles. The van der Waals surface area contributed by atoms with Crippen molar-refractivity contribution < 1.29 is 18.7 Å². The van der Waals surface area contributed by atoms with E-state index in [4.69, 9.17) is 4.74 Å². The van der Waals surface area contributed by atoms with Crippen molar-refractivity contribution in [2.45, 2.75) is 26.7 Å². The highest BCUT2D eigenvalue weighted by Gasteiger charge is 2.11. The van der Waals surface area contributed by atoms with Crippen molar-refractivity contribution in [2.75, 3.05) is 6.61 Å². The first-order valence-corrected chi connectivity index (χ1v) is 5.49. The van der Waals surface area contributed by atoms with Gasteiger partial charge >= 0.3 is 0 Å². The van der Waals surface area contributed by atoms with Crippen LogP contribution in [0.3, 0.4) is 0 Å². The number of carbonyl (C=O) groups excluding carboxylic acids is 2. The molecule has 0 aromatic heterocycles. The van der Waals surface area contributed by atoms with Gasteiger partial charge in [-0.3, -0.25) is 4.79 Å². The fourth-order valence-corrected chi connectivity index (χ4v) is 1.38. The standard InChI is InChI=1S/C13H15FO3/c1-3-17-13-7-5-10(8-11(13)14)12(16)6-4-9(2)15/h5,7-8H,3-4,6H2,1-2H3. The van der Waals surface area contributed by atoms with E-state index in [1.807, 2.05) is 0 Å². The molecular formula is C13H15FO3. The van der Waals surface area contributed by atoms with E-state index in [0.29, 0.717) is 6.61 Å². The highest BCUT2D eigenvalue weighted by Crippen LogP contribution is 2.19. The average Bonchev–Trinajstić information content (AvgIpc) is 2.28. The van der Waals surface area contributed by atoms with Crippen LogP contribution >= 0.6 is 0 Å². The van der Waals surface area contributed by atoms with Crippen LogP contribution in [-0.2, 0) is 4.79 Å². The van der Waals surface area contributed by atoms with Crippen molar-refractivity contribution in [3.8, 4) is 5.75 Å². The van der Waals surface area contributed by atoms with Crippen LogP contribution in [0.5, 0.6) is 5.75 Å². The Morgan fingerprint density at radius 1 is 1.29 bits per heavy atom. The summed E-state index contributed by atoms with van der Waals surface area (Å²) in [6, 6.07) is 4.09. The molecule has 1 aromatic rings. The fraction of sp³-hybridized carbons (Fsp3) is 0.385. The van der Waals surface area contributed by atoms with E-state index < -0.39 is 5.82 Å². The van der Waals surface area contributed by atoms with Crippen LogP contribution in [0, 0.1) is 5.82 Å². The molecule has 3 nitrogen and oxygen atoms in total. The maximum absolute atomic E-state index is 13.5. The molecule has 0 spiro atoms. The third kappa shape index (κ3) is 3.98. The molecule has 0 amide bonds. The number of benzene rings is 1. The second-order valence-corrected chi connectivity index (χ2v) is 3.70. The van der Waals surface area contributed by atoms with Crippen molar-refractivity contribution in [2.24, 2.45) is 0 Å². The van der Waals surface area contributed by atoms with Gasteiger partial charge in [0, 0.05) is 18.4 Å². The van der Waals surface area contributed by atoms with Crippen LogP contribution in [-0.4, -0.2) is 18.2 Å². The van der Waals surface area contributed by atoms with E-state index in [1.54, 1.807) is 6.92 Å². The van der Waals surface area contributed by atoms with Crippen molar-refractivity contribution in [1.29, 1.82) is 0 Å². The molecule has 0 radical (unpaired) electrons. The van der Waals surface area contributed by atoms with E-state index >= 15 is 0 Å². The lowest BCUT2D eigenvalue weighted by Gasteiger charge is -2.06. The maximum Gasteiger partial charge on any atom is 0.165 e. The lowest BCUT2D eigenvalue weighted by molar-refractivity contribution is -0.116. The summed E-state index contributed by atoms with van der Waals surface area (Å²) in [6.45, 7) is 3.55. The Bertz CT molecular complexity index is 427. The zero-order valence-electron chi connectivity index (χ0n) is 9.96. The van der Waals surface area contributed by atoms with E-state index in [-0.39, 0.29) is 35.7 Å². The summed E-state index contributed by atoms with van der Waals surface area (Å²) in [5.74, 6) is -0.706. The zero-order valence-corrected chi connectivity index (χ0v) is 9.96. The van der Waals surface area contributed by atoms with Crippen LogP contribution in [0.25, 0.3) is 0 Å². The summed E-state index contributed by atoms with van der Waals surface area (Å²) in [4.78, 5) is 22.4. The van der Waals surface area contributed by atoms with Gasteiger partial charge in [0.1, 0.15) is 5.78 Å². The Hall–Kier alpha value is -1.71. The van der Waals surface area contributed by atoms with Gasteiger partial charge in [-0.05, 0) is 32.0 Å². The third-order valence-corrected chi connectivity index (χ3v) is 2.26. The second kappa shape index (κ2) is 6.13. The van der Waals surface area contributed by atoms with Crippen molar-refractivity contribution in [3.63, 3.8) is 0 Å². The van der Waals surface area contributed by atoms with Crippen molar-refractivity contribution in [1.82, 2.24) is 0 Å². The first-order chi connectivity index (χ1) is 8.04. The Morgan fingerprint density at radius 2 is 2.00 bits per heavy atom. The molecule has 4 heteroatoms. The highest BCUT2D eigenvalue weighted by molar-refractivity contribution is 5.98. The number of rotatable bonds is 6. The Kier molecular flexibility index (Phi) is 4.82. The summed E-state index contributed by atoms with van der Waals surface area (Å²) in [5.41, 5.74) is 0.271. The van der Waals surface area contributed by atoms with Gasteiger partial charge in [-0.15, -0.1) is 0 Å². The minimum absolute atomic E-state index is 0.0511. The average molecular weight is 238 g/mol. The Labute approximate surface area is 99.6 Å². The largest absolute Gasteiger partial charge is 0.491 e. The predicted octanol–water partition coefficient (Wildman–Crippen LogP) is 2.78. The molecule has 0 bridgehead atoms. The van der Waals surface area contributed by atoms with Gasteiger partial charge in [-0.2, -0.15) is 0 Å². The van der Waals surface area contributed by atoms with E-state index in [9.17, 15) is 14.0 Å². The second-order valence-electron chi connectivity index (χ2n) is 3.70. The summed E-state index contributed by atoms with van der Waals surface area (Å²) in [7, 11) is 0. The molecule has 0 heterocycles. The molecule has 0 N–H and O–H groups in total.